The summed E-state index contributed by atoms with van der Waals surface area (Å²) in [6.07, 6.45) is 5.63. The topological polar surface area (TPSA) is 107 Å². The van der Waals surface area contributed by atoms with Gasteiger partial charge in [-0.25, -0.2) is 9.67 Å². The first-order valence-electron chi connectivity index (χ1n) is 6.39. The fourth-order valence-electron chi connectivity index (χ4n) is 2.04. The van der Waals surface area contributed by atoms with E-state index in [0.717, 1.165) is 0 Å². The fraction of sp³-hybridized carbons (Fsp3) is 0.500. The minimum atomic E-state index is -0.883. The van der Waals surface area contributed by atoms with Crippen molar-refractivity contribution in [2.24, 2.45) is 5.41 Å². The third kappa shape index (κ3) is 2.49. The van der Waals surface area contributed by atoms with Crippen LogP contribution in [0.1, 0.15) is 26.7 Å². The molecule has 0 unspecified atom stereocenters. The number of hydrogen-bond acceptors (Lipinski definition) is 6. The van der Waals surface area contributed by atoms with E-state index in [0.29, 0.717) is 24.4 Å². The van der Waals surface area contributed by atoms with Crippen molar-refractivity contribution in [3.05, 3.63) is 18.6 Å². The summed E-state index contributed by atoms with van der Waals surface area (Å²) in [4.78, 5) is 19.6. The molecule has 0 atom stereocenters. The summed E-state index contributed by atoms with van der Waals surface area (Å²) in [6, 6.07) is 0. The van der Waals surface area contributed by atoms with Crippen LogP contribution in [0.4, 0.5) is 0 Å². The number of tetrazole rings is 1. The molecule has 106 valence electrons. The maximum absolute atomic E-state index is 11.5. The van der Waals surface area contributed by atoms with Gasteiger partial charge in [-0.2, -0.15) is 0 Å². The molecule has 0 fully saturated rings. The van der Waals surface area contributed by atoms with Gasteiger partial charge in [0.2, 0.25) is 5.82 Å². The highest BCUT2D eigenvalue weighted by molar-refractivity contribution is 5.74. The molecule has 1 N–H and O–H groups in total. The summed E-state index contributed by atoms with van der Waals surface area (Å²) in [7, 11) is 0. The van der Waals surface area contributed by atoms with Crippen LogP contribution in [0.15, 0.2) is 18.6 Å². The Hall–Kier alpha value is -2.38. The Morgan fingerprint density at radius 1 is 1.35 bits per heavy atom. The highest BCUT2D eigenvalue weighted by atomic mass is 16.4. The van der Waals surface area contributed by atoms with Gasteiger partial charge in [-0.05, 0) is 23.3 Å². The zero-order valence-electron chi connectivity index (χ0n) is 11.4. The van der Waals surface area contributed by atoms with Gasteiger partial charge in [0.15, 0.2) is 0 Å². The van der Waals surface area contributed by atoms with Crippen molar-refractivity contribution >= 4 is 5.97 Å². The maximum Gasteiger partial charge on any atom is 0.311 e. The lowest BCUT2D eigenvalue weighted by atomic mass is 9.82. The second-order valence-corrected chi connectivity index (χ2v) is 4.54. The van der Waals surface area contributed by atoms with E-state index in [2.05, 4.69) is 25.5 Å². The van der Waals surface area contributed by atoms with Crippen LogP contribution in [-0.2, 0) is 11.3 Å². The molecule has 2 aromatic heterocycles. The van der Waals surface area contributed by atoms with E-state index < -0.39 is 11.4 Å². The maximum atomic E-state index is 11.5. The van der Waals surface area contributed by atoms with E-state index in [-0.39, 0.29) is 6.54 Å². The lowest BCUT2D eigenvalue weighted by molar-refractivity contribution is -0.150. The van der Waals surface area contributed by atoms with Gasteiger partial charge in [0, 0.05) is 12.4 Å². The summed E-state index contributed by atoms with van der Waals surface area (Å²) in [5.74, 6) is -0.422. The second-order valence-electron chi connectivity index (χ2n) is 4.54. The van der Waals surface area contributed by atoms with Gasteiger partial charge in [0.25, 0.3) is 0 Å². The highest BCUT2D eigenvalue weighted by Gasteiger charge is 2.36. The van der Waals surface area contributed by atoms with Crippen molar-refractivity contribution in [1.29, 1.82) is 0 Å². The molecule has 2 heterocycles. The Morgan fingerprint density at radius 3 is 2.65 bits per heavy atom. The molecule has 0 aliphatic rings. The number of hydrogen-bond donors (Lipinski definition) is 1. The zero-order chi connectivity index (χ0) is 14.6. The minimum Gasteiger partial charge on any atom is -0.481 e. The molecule has 0 saturated carbocycles. The van der Waals surface area contributed by atoms with Crippen LogP contribution in [0, 0.1) is 5.41 Å². The molecule has 8 heteroatoms. The Labute approximate surface area is 115 Å². The van der Waals surface area contributed by atoms with Crippen molar-refractivity contribution in [2.75, 3.05) is 0 Å². The van der Waals surface area contributed by atoms with Crippen molar-refractivity contribution in [3.8, 4) is 11.5 Å². The van der Waals surface area contributed by atoms with Crippen LogP contribution in [0.5, 0.6) is 0 Å². The summed E-state index contributed by atoms with van der Waals surface area (Å²) < 4.78 is 1.48. The quantitative estimate of drug-likeness (QED) is 0.839. The lowest BCUT2D eigenvalue weighted by Gasteiger charge is -2.26. The first-order chi connectivity index (χ1) is 9.63. The number of aliphatic carboxylic acids is 1. The first-order valence-corrected chi connectivity index (χ1v) is 6.39. The van der Waals surface area contributed by atoms with Crippen LogP contribution in [0.25, 0.3) is 11.5 Å². The third-order valence-corrected chi connectivity index (χ3v) is 3.58. The third-order valence-electron chi connectivity index (χ3n) is 3.58. The summed E-state index contributed by atoms with van der Waals surface area (Å²) >= 11 is 0. The molecule has 0 aliphatic carbocycles. The Balaban J connectivity index is 2.36. The van der Waals surface area contributed by atoms with Gasteiger partial charge in [-0.15, -0.1) is 5.10 Å². The van der Waals surface area contributed by atoms with Crippen molar-refractivity contribution in [2.45, 2.75) is 33.2 Å². The number of carboxylic acids is 1. The average molecular weight is 276 g/mol. The monoisotopic (exact) mass is 276 g/mol. The molecule has 2 rings (SSSR count). The molecule has 0 spiro atoms. The summed E-state index contributed by atoms with van der Waals surface area (Å²) in [5.41, 5.74) is -0.365. The molecule has 0 saturated heterocycles. The fourth-order valence-corrected chi connectivity index (χ4v) is 2.04. The van der Waals surface area contributed by atoms with Crippen molar-refractivity contribution < 1.29 is 9.90 Å². The number of rotatable bonds is 6. The normalized spacial score (nSPS) is 11.5. The number of nitrogens with zero attached hydrogens (tertiary/aromatic N) is 6. The average Bonchev–Trinajstić information content (AvgIpc) is 2.93. The number of carboxylic acid groups (broad SMARTS) is 1. The Morgan fingerprint density at radius 2 is 2.10 bits per heavy atom. The largest absolute Gasteiger partial charge is 0.481 e. The molecule has 2 aromatic rings. The smallest absolute Gasteiger partial charge is 0.311 e. The van der Waals surface area contributed by atoms with Crippen molar-refractivity contribution in [3.63, 3.8) is 0 Å². The van der Waals surface area contributed by atoms with Gasteiger partial charge in [-0.3, -0.25) is 9.78 Å². The number of aromatic nitrogens is 6. The molecule has 0 amide bonds. The van der Waals surface area contributed by atoms with Gasteiger partial charge in [0.1, 0.15) is 5.69 Å². The first kappa shape index (κ1) is 14.0. The van der Waals surface area contributed by atoms with E-state index in [1.165, 1.54) is 4.68 Å². The molecule has 0 bridgehead atoms. The van der Waals surface area contributed by atoms with Crippen LogP contribution >= 0.6 is 0 Å². The predicted octanol–water partition coefficient (Wildman–Crippen LogP) is 1.02. The standard InChI is InChI=1S/C12H16N6O2/c1-3-12(4-2,11(19)20)8-18-10(15-16-17-18)9-7-13-5-6-14-9/h5-7H,3-4,8H2,1-2H3,(H,19,20). The van der Waals surface area contributed by atoms with E-state index >= 15 is 0 Å². The van der Waals surface area contributed by atoms with Crippen LogP contribution < -0.4 is 0 Å². The van der Waals surface area contributed by atoms with Crippen molar-refractivity contribution in [1.82, 2.24) is 30.2 Å². The second kappa shape index (κ2) is 5.72. The zero-order valence-corrected chi connectivity index (χ0v) is 11.4. The minimum absolute atomic E-state index is 0.203. The molecular formula is C12H16N6O2. The Kier molecular flexibility index (Phi) is 4.02. The van der Waals surface area contributed by atoms with E-state index in [1.807, 2.05) is 13.8 Å². The van der Waals surface area contributed by atoms with E-state index in [9.17, 15) is 9.90 Å². The molecular weight excluding hydrogens is 260 g/mol. The molecule has 8 nitrogen and oxygen atoms in total. The predicted molar refractivity (Wildman–Crippen MR) is 69.5 cm³/mol. The molecule has 0 aromatic carbocycles. The highest BCUT2D eigenvalue weighted by Crippen LogP contribution is 2.29. The van der Waals surface area contributed by atoms with Gasteiger partial charge in [-0.1, -0.05) is 13.8 Å². The summed E-state index contributed by atoms with van der Waals surface area (Å²) in [6.45, 7) is 3.90. The molecule has 20 heavy (non-hydrogen) atoms. The molecule has 0 aliphatic heterocycles. The van der Waals surface area contributed by atoms with Gasteiger partial charge < -0.3 is 5.11 Å². The van der Waals surface area contributed by atoms with Crippen LogP contribution in [0.2, 0.25) is 0 Å². The van der Waals surface area contributed by atoms with Gasteiger partial charge in [0.05, 0.1) is 18.2 Å². The SMILES string of the molecule is CCC(CC)(Cn1nnnc1-c1cnccn1)C(=O)O. The van der Waals surface area contributed by atoms with Crippen LogP contribution in [-0.4, -0.2) is 41.3 Å². The van der Waals surface area contributed by atoms with E-state index in [1.54, 1.807) is 18.6 Å². The van der Waals surface area contributed by atoms with Crippen LogP contribution in [0.3, 0.4) is 0 Å². The van der Waals surface area contributed by atoms with Gasteiger partial charge >= 0.3 is 5.97 Å². The summed E-state index contributed by atoms with van der Waals surface area (Å²) in [5, 5.41) is 20.9. The Bertz CT molecular complexity index is 579. The lowest BCUT2D eigenvalue weighted by Crippen LogP contribution is -2.35. The van der Waals surface area contributed by atoms with E-state index in [4.69, 9.17) is 0 Å². The number of carbonyl (C=O) groups is 1. The molecule has 0 radical (unpaired) electrons.